The number of primary amides is 2. The van der Waals surface area contributed by atoms with Crippen molar-refractivity contribution in [2.24, 2.45) is 17.4 Å². The molecule has 3 aromatic rings. The Balaban J connectivity index is 1.52. The number of halogens is 1. The van der Waals surface area contributed by atoms with Gasteiger partial charge in [-0.25, -0.2) is 4.98 Å². The highest BCUT2D eigenvalue weighted by molar-refractivity contribution is 9.10. The normalized spacial score (nSPS) is 16.6. The second-order valence-corrected chi connectivity index (χ2v) is 13.3. The second kappa shape index (κ2) is 17.0. The average Bonchev–Trinajstić information content (AvgIpc) is 3.57. The van der Waals surface area contributed by atoms with Crippen LogP contribution < -0.4 is 27.4 Å². The molecule has 13 nitrogen and oxygen atoms in total. The van der Waals surface area contributed by atoms with Gasteiger partial charge in [-0.05, 0) is 55.0 Å². The van der Waals surface area contributed by atoms with Crippen molar-refractivity contribution in [2.75, 3.05) is 6.54 Å². The molecule has 5 atom stereocenters. The standard InChI is InChI=1S/C35H42BrN7O6/c1-3-20(2)31(32(38)46)42-35(49)28-9-6-16-43(28)30(45)18-24(17-21-10-13-23(36)14-11-21)39-34(48)27(19-29(37)44)41-33(47)26-15-12-22-7-4-5-8-25(22)40-26/h4-5,7-8,10-15,20,24,27-28,31H,3,6,9,16-19H2,1-2H3,(H2,37,44)(H2,38,46)(H,39,48)(H,41,47)(H,42,49)/t20-,24-,27-,28-,31-/m0/s1. The summed E-state index contributed by atoms with van der Waals surface area (Å²) in [6, 6.07) is 14.0. The molecule has 0 spiro atoms. The highest BCUT2D eigenvalue weighted by atomic mass is 79.9. The maximum absolute atomic E-state index is 13.8. The van der Waals surface area contributed by atoms with Crippen LogP contribution in [0.2, 0.25) is 0 Å². The third kappa shape index (κ3) is 10.1. The van der Waals surface area contributed by atoms with E-state index in [0.29, 0.717) is 31.3 Å². The molecule has 7 N–H and O–H groups in total. The maximum atomic E-state index is 13.8. The summed E-state index contributed by atoms with van der Waals surface area (Å²) in [4.78, 5) is 83.8. The van der Waals surface area contributed by atoms with Gasteiger partial charge in [-0.15, -0.1) is 0 Å². The van der Waals surface area contributed by atoms with Gasteiger partial charge in [0.25, 0.3) is 5.91 Å². The number of aromatic nitrogens is 1. The van der Waals surface area contributed by atoms with Gasteiger partial charge in [-0.3, -0.25) is 28.8 Å². The van der Waals surface area contributed by atoms with Gasteiger partial charge in [-0.1, -0.05) is 72.6 Å². The minimum Gasteiger partial charge on any atom is -0.370 e. The molecule has 0 aliphatic carbocycles. The van der Waals surface area contributed by atoms with Gasteiger partial charge >= 0.3 is 0 Å². The van der Waals surface area contributed by atoms with Crippen LogP contribution in [-0.2, 0) is 30.4 Å². The minimum absolute atomic E-state index is 0.0489. The first-order valence-corrected chi connectivity index (χ1v) is 17.0. The van der Waals surface area contributed by atoms with E-state index in [9.17, 15) is 28.8 Å². The molecule has 1 aromatic heterocycles. The van der Waals surface area contributed by atoms with Crippen LogP contribution >= 0.6 is 15.9 Å². The Labute approximate surface area is 293 Å². The fraction of sp³-hybridized carbons (Fsp3) is 0.400. The van der Waals surface area contributed by atoms with Gasteiger partial charge in [-0.2, -0.15) is 0 Å². The molecule has 260 valence electrons. The summed E-state index contributed by atoms with van der Waals surface area (Å²) >= 11 is 3.41. The van der Waals surface area contributed by atoms with Crippen molar-refractivity contribution >= 4 is 62.3 Å². The van der Waals surface area contributed by atoms with E-state index in [1.807, 2.05) is 50.2 Å². The number of rotatable bonds is 15. The van der Waals surface area contributed by atoms with Crippen molar-refractivity contribution in [3.63, 3.8) is 0 Å². The van der Waals surface area contributed by atoms with Crippen molar-refractivity contribution in [3.8, 4) is 0 Å². The molecular formula is C35H42BrN7O6. The van der Waals surface area contributed by atoms with Gasteiger partial charge < -0.3 is 32.3 Å². The predicted octanol–water partition coefficient (Wildman–Crippen LogP) is 2.10. The van der Waals surface area contributed by atoms with Crippen LogP contribution in [0, 0.1) is 5.92 Å². The van der Waals surface area contributed by atoms with E-state index in [2.05, 4.69) is 36.9 Å². The lowest BCUT2D eigenvalue weighted by Gasteiger charge is -2.29. The molecule has 0 saturated carbocycles. The number of pyridine rings is 1. The number of nitrogens with two attached hydrogens (primary N) is 2. The quantitative estimate of drug-likeness (QED) is 0.157. The van der Waals surface area contributed by atoms with Gasteiger partial charge in [0.15, 0.2) is 0 Å². The molecule has 1 saturated heterocycles. The smallest absolute Gasteiger partial charge is 0.270 e. The summed E-state index contributed by atoms with van der Waals surface area (Å²) in [5.74, 6) is -3.88. The number of carbonyl (C=O) groups excluding carboxylic acids is 6. The van der Waals surface area contributed by atoms with Crippen molar-refractivity contribution in [1.82, 2.24) is 25.8 Å². The Bertz CT molecular complexity index is 1700. The SMILES string of the molecule is CC[C@H](C)[C@H](NC(=O)[C@@H]1CCCN1C(=O)C[C@H](Cc1ccc(Br)cc1)NC(=O)[C@H](CC(N)=O)NC(=O)c1ccc2ccccc2n1)C(N)=O. The summed E-state index contributed by atoms with van der Waals surface area (Å²) in [6.45, 7) is 4.02. The van der Waals surface area contributed by atoms with Crippen LogP contribution in [0.4, 0.5) is 0 Å². The molecule has 1 aliphatic rings. The molecule has 1 aliphatic heterocycles. The largest absolute Gasteiger partial charge is 0.370 e. The number of benzene rings is 2. The average molecular weight is 737 g/mol. The number of hydrogen-bond acceptors (Lipinski definition) is 7. The third-order valence-corrected chi connectivity index (χ3v) is 9.24. The highest BCUT2D eigenvalue weighted by Gasteiger charge is 2.37. The Hall–Kier alpha value is -4.85. The summed E-state index contributed by atoms with van der Waals surface area (Å²) < 4.78 is 0.844. The summed E-state index contributed by atoms with van der Waals surface area (Å²) in [5, 5.41) is 8.96. The van der Waals surface area contributed by atoms with E-state index in [-0.39, 0.29) is 30.4 Å². The molecule has 1 fully saturated rings. The lowest BCUT2D eigenvalue weighted by Crippen LogP contribution is -2.55. The van der Waals surface area contributed by atoms with E-state index in [0.717, 1.165) is 15.4 Å². The Morgan fingerprint density at radius 1 is 0.939 bits per heavy atom. The van der Waals surface area contributed by atoms with E-state index < -0.39 is 60.1 Å². The first kappa shape index (κ1) is 37.0. The second-order valence-electron chi connectivity index (χ2n) is 12.3. The number of likely N-dealkylation sites (tertiary alicyclic amines) is 1. The van der Waals surface area contributed by atoms with Crippen molar-refractivity contribution < 1.29 is 28.8 Å². The van der Waals surface area contributed by atoms with Crippen LogP contribution in [0.5, 0.6) is 0 Å². The van der Waals surface area contributed by atoms with Crippen LogP contribution in [-0.4, -0.2) is 76.0 Å². The van der Waals surface area contributed by atoms with Gasteiger partial charge in [0.1, 0.15) is 23.8 Å². The third-order valence-electron chi connectivity index (χ3n) is 8.71. The van der Waals surface area contributed by atoms with E-state index in [4.69, 9.17) is 11.5 Å². The molecule has 2 heterocycles. The van der Waals surface area contributed by atoms with Crippen LogP contribution in [0.3, 0.4) is 0 Å². The Morgan fingerprint density at radius 2 is 1.65 bits per heavy atom. The number of nitrogens with one attached hydrogen (secondary N) is 3. The lowest BCUT2D eigenvalue weighted by atomic mass is 9.98. The van der Waals surface area contributed by atoms with Crippen molar-refractivity contribution in [2.45, 2.75) is 76.5 Å². The number of carbonyl (C=O) groups is 6. The molecule has 6 amide bonds. The Morgan fingerprint density at radius 3 is 2.33 bits per heavy atom. The molecule has 49 heavy (non-hydrogen) atoms. The highest BCUT2D eigenvalue weighted by Crippen LogP contribution is 2.21. The van der Waals surface area contributed by atoms with Crippen LogP contribution in [0.1, 0.15) is 62.0 Å². The van der Waals surface area contributed by atoms with Gasteiger partial charge in [0.05, 0.1) is 11.9 Å². The molecule has 0 radical (unpaired) electrons. The number of fused-ring (bicyclic) bond motifs is 1. The molecule has 4 rings (SSSR count). The van der Waals surface area contributed by atoms with E-state index >= 15 is 0 Å². The topological polar surface area (TPSA) is 207 Å². The number of para-hydroxylation sites is 1. The fourth-order valence-electron chi connectivity index (χ4n) is 5.86. The first-order chi connectivity index (χ1) is 23.4. The molecule has 14 heteroatoms. The van der Waals surface area contributed by atoms with Crippen LogP contribution in [0.15, 0.2) is 65.1 Å². The zero-order valence-corrected chi connectivity index (χ0v) is 29.1. The van der Waals surface area contributed by atoms with Crippen LogP contribution in [0.25, 0.3) is 10.9 Å². The minimum atomic E-state index is -1.35. The number of nitrogens with zero attached hydrogens (tertiary/aromatic N) is 2. The van der Waals surface area contributed by atoms with Gasteiger partial charge in [0.2, 0.25) is 29.5 Å². The van der Waals surface area contributed by atoms with E-state index in [1.165, 1.54) is 11.0 Å². The molecular weight excluding hydrogens is 694 g/mol. The summed E-state index contributed by atoms with van der Waals surface area (Å²) in [7, 11) is 0. The molecule has 0 unspecified atom stereocenters. The number of hydrogen-bond donors (Lipinski definition) is 5. The molecule has 2 aromatic carbocycles. The molecule has 0 bridgehead atoms. The number of amides is 6. The van der Waals surface area contributed by atoms with E-state index in [1.54, 1.807) is 18.2 Å². The van der Waals surface area contributed by atoms with Crippen molar-refractivity contribution in [1.29, 1.82) is 0 Å². The maximum Gasteiger partial charge on any atom is 0.270 e. The fourth-order valence-corrected chi connectivity index (χ4v) is 6.13. The lowest BCUT2D eigenvalue weighted by molar-refractivity contribution is -0.140. The first-order valence-electron chi connectivity index (χ1n) is 16.2. The zero-order valence-electron chi connectivity index (χ0n) is 27.5. The predicted molar refractivity (Wildman–Crippen MR) is 187 cm³/mol. The van der Waals surface area contributed by atoms with Crippen molar-refractivity contribution in [3.05, 3.63) is 76.4 Å². The monoisotopic (exact) mass is 735 g/mol. The Kier molecular flexibility index (Phi) is 12.8. The summed E-state index contributed by atoms with van der Waals surface area (Å²) in [5.41, 5.74) is 12.5. The van der Waals surface area contributed by atoms with Gasteiger partial charge in [0, 0.05) is 28.9 Å². The summed E-state index contributed by atoms with van der Waals surface area (Å²) in [6.07, 6.45) is 1.16. The zero-order chi connectivity index (χ0) is 35.7.